The highest BCUT2D eigenvalue weighted by Gasteiger charge is 2.62. The molecule has 0 spiro atoms. The minimum absolute atomic E-state index is 0.184. The molecule has 14 heteroatoms. The summed E-state index contributed by atoms with van der Waals surface area (Å²) in [6.45, 7) is 26.8. The van der Waals surface area contributed by atoms with Gasteiger partial charge in [-0.05, 0) is 175 Å². The molecule has 6 fully saturated rings. The van der Waals surface area contributed by atoms with Crippen molar-refractivity contribution in [1.82, 2.24) is 0 Å². The fourth-order valence-corrected chi connectivity index (χ4v) is 13.9. The van der Waals surface area contributed by atoms with Gasteiger partial charge in [0.05, 0.1) is 38.6 Å². The Bertz CT molecular complexity index is 2610. The van der Waals surface area contributed by atoms with Gasteiger partial charge < -0.3 is 66.3 Å². The van der Waals surface area contributed by atoms with E-state index in [4.69, 9.17) is 66.3 Å². The zero-order valence-corrected chi connectivity index (χ0v) is 52.4. The Morgan fingerprint density at radius 1 is 0.357 bits per heavy atom. The summed E-state index contributed by atoms with van der Waals surface area (Å²) in [5.41, 5.74) is 11.7. The number of fused-ring (bicyclic) bond motifs is 14. The molecule has 14 nitrogen and oxygen atoms in total. The Balaban J connectivity index is 0.914. The summed E-state index contributed by atoms with van der Waals surface area (Å²) in [7, 11) is 0. The van der Waals surface area contributed by atoms with E-state index in [2.05, 4.69) is 88.4 Å². The van der Waals surface area contributed by atoms with Crippen molar-refractivity contribution < 1.29 is 66.3 Å². The molecule has 0 amide bonds. The highest BCUT2D eigenvalue weighted by atomic mass is 16.9. The fraction of sp³-hybridized carbons (Fsp3) is 0.657. The molecule has 1 aliphatic carbocycles. The van der Waals surface area contributed by atoms with Crippen molar-refractivity contribution >= 4 is 0 Å². The van der Waals surface area contributed by atoms with Gasteiger partial charge in [0.1, 0.15) is 59.6 Å². The molecule has 0 unspecified atom stereocenters. The summed E-state index contributed by atoms with van der Waals surface area (Å²) in [5.74, 6) is 0.789. The average Bonchev–Trinajstić information content (AvgIpc) is 4.32. The molecule has 8 bridgehead atoms. The Morgan fingerprint density at radius 3 is 0.964 bits per heavy atom. The van der Waals surface area contributed by atoms with Crippen LogP contribution in [-0.4, -0.2) is 111 Å². The third-order valence-corrected chi connectivity index (χ3v) is 17.2. The second-order valence-electron chi connectivity index (χ2n) is 26.3. The molecule has 4 aromatic carbocycles. The predicted octanol–water partition coefficient (Wildman–Crippen LogP) is 13.7. The number of benzene rings is 4. The van der Waals surface area contributed by atoms with E-state index in [1.807, 2.05) is 55.4 Å². The average molecular weight is 1160 g/mol. The van der Waals surface area contributed by atoms with Crippen LogP contribution in [0.1, 0.15) is 203 Å². The van der Waals surface area contributed by atoms with Crippen LogP contribution >= 0.6 is 0 Å². The first-order chi connectivity index (χ1) is 40.3. The molecule has 7 aliphatic rings. The maximum Gasteiger partial charge on any atom is 0.190 e. The highest BCUT2D eigenvalue weighted by molar-refractivity contribution is 5.57. The van der Waals surface area contributed by atoms with Crippen LogP contribution in [0.2, 0.25) is 0 Å². The molecular formula is C70H96O14. The van der Waals surface area contributed by atoms with E-state index >= 15 is 0 Å². The molecule has 0 radical (unpaired) electrons. The fourth-order valence-electron chi connectivity index (χ4n) is 13.9. The topological polar surface area (TPSA) is 129 Å². The van der Waals surface area contributed by atoms with E-state index in [0.29, 0.717) is 52.1 Å². The Hall–Kier alpha value is -4.32. The summed E-state index contributed by atoms with van der Waals surface area (Å²) in [6.07, 6.45) is 10.2. The van der Waals surface area contributed by atoms with E-state index in [9.17, 15) is 0 Å². The Labute approximate surface area is 500 Å². The highest BCUT2D eigenvalue weighted by Crippen LogP contribution is 2.48. The van der Waals surface area contributed by atoms with Crippen molar-refractivity contribution in [1.29, 1.82) is 0 Å². The van der Waals surface area contributed by atoms with Gasteiger partial charge in [-0.15, -0.1) is 0 Å². The minimum atomic E-state index is -0.761. The van der Waals surface area contributed by atoms with Crippen molar-refractivity contribution in [2.45, 2.75) is 270 Å². The standard InChI is InChI=1S/C70H96O14/c1-13-31-71-55-45-25-21-26-46(55)40-50-36-44(24-18-20-30-54-60-62(80-68(7,8)78-60)64-66(76-54)84-70(11,12)82-64)38-52(58(50)74-34-16-4)42-48-28-22-27-47(56(48)72-32-14-2)41-51-37-43(35-49(39-45)57(51)73-33-15-3)23-17-19-29-53-59-61(79-67(5,6)77-59)63-65(75-53)83-69(9,10)81-63/h21-22,25-28,35-38,53-54,59-66H,13-20,23-24,29-34,39-42H2,1-12H3/t53-,54-,59+,60+,61+,62+,63-,64-,65-,66-/m1/s1. The summed E-state index contributed by atoms with van der Waals surface area (Å²) < 4.78 is 92.2. The zero-order chi connectivity index (χ0) is 59.0. The summed E-state index contributed by atoms with van der Waals surface area (Å²) in [6, 6.07) is 23.0. The van der Waals surface area contributed by atoms with Gasteiger partial charge in [-0.2, -0.15) is 0 Å². The third-order valence-electron chi connectivity index (χ3n) is 17.2. The molecule has 10 atom stereocenters. The number of hydrogen-bond donors (Lipinski definition) is 0. The number of ether oxygens (including phenoxy) is 14. The van der Waals surface area contributed by atoms with E-state index in [1.165, 1.54) is 11.1 Å². The van der Waals surface area contributed by atoms with Crippen LogP contribution in [0, 0.1) is 0 Å². The number of hydrogen-bond acceptors (Lipinski definition) is 14. The second-order valence-corrected chi connectivity index (χ2v) is 26.3. The predicted molar refractivity (Wildman–Crippen MR) is 320 cm³/mol. The van der Waals surface area contributed by atoms with Crippen LogP contribution in [0.4, 0.5) is 0 Å². The maximum atomic E-state index is 6.95. The monoisotopic (exact) mass is 1160 g/mol. The molecule has 0 N–H and O–H groups in total. The SMILES string of the molecule is CCCOc1c2cccc1Cc1cc(CCCC[C@H]3O[C@@H]4OC(C)(C)O[C@@H]4[C@H]4OC(C)(C)O[C@H]43)cc(c1OCCC)Cc1cccc(c1OCCC)Cc1cc(CCCC[C@H]3O[C@@H]4OC(C)(C)O[C@@H]4[C@H]4OC(C)(C)O[C@H]43)cc(c1OCCC)C2. The van der Waals surface area contributed by atoms with Crippen molar-refractivity contribution in [2.75, 3.05) is 26.4 Å². The zero-order valence-electron chi connectivity index (χ0n) is 52.4. The number of unbranched alkanes of at least 4 members (excludes halogenated alkanes) is 2. The van der Waals surface area contributed by atoms with Gasteiger partial charge in [0, 0.05) is 25.7 Å². The number of rotatable bonds is 22. The van der Waals surface area contributed by atoms with Gasteiger partial charge in [-0.25, -0.2) is 0 Å². The normalized spacial score (nSPS) is 28.5. The van der Waals surface area contributed by atoms with Crippen molar-refractivity contribution in [3.63, 3.8) is 0 Å². The first kappa shape index (κ1) is 61.3. The first-order valence-corrected chi connectivity index (χ1v) is 32.1. The lowest BCUT2D eigenvalue weighted by Crippen LogP contribution is -2.54. The molecule has 11 rings (SSSR count). The number of para-hydroxylation sites is 2. The third kappa shape index (κ3) is 13.8. The van der Waals surface area contributed by atoms with Crippen LogP contribution in [0.5, 0.6) is 23.0 Å². The van der Waals surface area contributed by atoms with Gasteiger partial charge in [-0.3, -0.25) is 0 Å². The van der Waals surface area contributed by atoms with E-state index in [0.717, 1.165) is 145 Å². The van der Waals surface area contributed by atoms with Gasteiger partial charge in [0.15, 0.2) is 35.7 Å². The van der Waals surface area contributed by atoms with Gasteiger partial charge in [0.2, 0.25) is 0 Å². The summed E-state index contributed by atoms with van der Waals surface area (Å²) in [4.78, 5) is 0. The van der Waals surface area contributed by atoms with Crippen LogP contribution in [0.25, 0.3) is 0 Å². The number of aryl methyl sites for hydroxylation is 2. The molecular weight excluding hydrogens is 1060 g/mol. The molecule has 460 valence electrons. The van der Waals surface area contributed by atoms with Crippen LogP contribution in [0.15, 0.2) is 60.7 Å². The minimum Gasteiger partial charge on any atom is -0.493 e. The summed E-state index contributed by atoms with van der Waals surface area (Å²) in [5, 5.41) is 0. The second kappa shape index (κ2) is 25.8. The van der Waals surface area contributed by atoms with Crippen LogP contribution in [0.3, 0.4) is 0 Å². The molecule has 4 aromatic rings. The Morgan fingerprint density at radius 2 is 0.643 bits per heavy atom. The molecule has 0 saturated carbocycles. The van der Waals surface area contributed by atoms with E-state index in [1.54, 1.807) is 0 Å². The summed E-state index contributed by atoms with van der Waals surface area (Å²) >= 11 is 0. The molecule has 84 heavy (non-hydrogen) atoms. The van der Waals surface area contributed by atoms with Crippen LogP contribution < -0.4 is 18.9 Å². The lowest BCUT2D eigenvalue weighted by Gasteiger charge is -2.37. The van der Waals surface area contributed by atoms with Gasteiger partial charge >= 0.3 is 0 Å². The lowest BCUT2D eigenvalue weighted by atomic mass is 9.88. The lowest BCUT2D eigenvalue weighted by molar-refractivity contribution is -0.235. The largest absolute Gasteiger partial charge is 0.493 e. The van der Waals surface area contributed by atoms with E-state index < -0.39 is 35.7 Å². The van der Waals surface area contributed by atoms with E-state index in [-0.39, 0.29) is 48.8 Å². The maximum absolute atomic E-state index is 6.95. The quantitative estimate of drug-likeness (QED) is 0.0610. The smallest absolute Gasteiger partial charge is 0.190 e. The molecule has 0 aromatic heterocycles. The molecule has 6 saturated heterocycles. The van der Waals surface area contributed by atoms with Crippen LogP contribution in [-0.2, 0) is 85.9 Å². The van der Waals surface area contributed by atoms with Crippen molar-refractivity contribution in [2.24, 2.45) is 0 Å². The molecule has 6 aliphatic heterocycles. The molecule has 6 heterocycles. The first-order valence-electron chi connectivity index (χ1n) is 32.1. The Kier molecular flexibility index (Phi) is 18.8. The van der Waals surface area contributed by atoms with Gasteiger partial charge in [-0.1, -0.05) is 101 Å². The van der Waals surface area contributed by atoms with Crippen molar-refractivity contribution in [3.8, 4) is 23.0 Å². The van der Waals surface area contributed by atoms with Crippen molar-refractivity contribution in [3.05, 3.63) is 116 Å². The van der Waals surface area contributed by atoms with Gasteiger partial charge in [0.25, 0.3) is 0 Å².